The van der Waals surface area contributed by atoms with Crippen molar-refractivity contribution in [1.29, 1.82) is 0 Å². The highest BCUT2D eigenvalue weighted by molar-refractivity contribution is 5.66. The molecule has 2 nitrogen and oxygen atoms in total. The summed E-state index contributed by atoms with van der Waals surface area (Å²) in [6, 6.07) is 0. The summed E-state index contributed by atoms with van der Waals surface area (Å²) in [5.74, 6) is 1.07. The van der Waals surface area contributed by atoms with Crippen LogP contribution in [0.1, 0.15) is 29.2 Å². The third kappa shape index (κ3) is 1.10. The second-order valence-electron chi connectivity index (χ2n) is 4.23. The molecule has 2 rings (SSSR count). The van der Waals surface area contributed by atoms with Crippen molar-refractivity contribution in [3.63, 3.8) is 0 Å². The Balaban J connectivity index is 2.70. The van der Waals surface area contributed by atoms with Crippen molar-refractivity contribution in [1.82, 2.24) is 0 Å². The average molecular weight is 191 g/mol. The zero-order valence-electron chi connectivity index (χ0n) is 9.27. The van der Waals surface area contributed by atoms with Crippen LogP contribution in [-0.4, -0.2) is 6.10 Å². The number of rotatable bonds is 0. The number of benzene rings is 1. The molecule has 1 atom stereocenters. The molecule has 2 heteroatoms. The van der Waals surface area contributed by atoms with Crippen LogP contribution in [0.2, 0.25) is 0 Å². The van der Waals surface area contributed by atoms with E-state index >= 15 is 0 Å². The zero-order valence-corrected chi connectivity index (χ0v) is 9.27. The summed E-state index contributed by atoms with van der Waals surface area (Å²) in [5.41, 5.74) is 11.8. The van der Waals surface area contributed by atoms with Gasteiger partial charge in [0.1, 0.15) is 11.9 Å². The fraction of sp³-hybridized carbons (Fsp3) is 0.500. The van der Waals surface area contributed by atoms with Crippen molar-refractivity contribution in [2.75, 3.05) is 5.73 Å². The Hall–Kier alpha value is -1.18. The van der Waals surface area contributed by atoms with Gasteiger partial charge in [0.15, 0.2) is 0 Å². The molecule has 76 valence electrons. The first-order valence-electron chi connectivity index (χ1n) is 5.07. The Bertz CT molecular complexity index is 359. The van der Waals surface area contributed by atoms with E-state index < -0.39 is 0 Å². The molecular weight excluding hydrogens is 174 g/mol. The molecule has 1 aromatic rings. The first kappa shape index (κ1) is 9.38. The largest absolute Gasteiger partial charge is 0.490 e. The third-order valence-electron chi connectivity index (χ3n) is 3.25. The molecule has 0 aliphatic carbocycles. The number of hydrogen-bond donors (Lipinski definition) is 1. The van der Waals surface area contributed by atoms with Gasteiger partial charge in [-0.25, -0.2) is 0 Å². The summed E-state index contributed by atoms with van der Waals surface area (Å²) in [4.78, 5) is 0. The van der Waals surface area contributed by atoms with E-state index in [1.165, 1.54) is 16.7 Å². The molecule has 1 aliphatic rings. The summed E-state index contributed by atoms with van der Waals surface area (Å²) in [5, 5.41) is 0. The number of anilines is 1. The van der Waals surface area contributed by atoms with Crippen LogP contribution in [0.15, 0.2) is 0 Å². The second-order valence-corrected chi connectivity index (χ2v) is 4.23. The van der Waals surface area contributed by atoms with Crippen LogP contribution in [0.4, 0.5) is 5.69 Å². The standard InChI is InChI=1S/C12H17NO/c1-6-5-10-9(4)11(13)7(2)8(3)12(10)14-6/h6H,5,13H2,1-4H3. The Morgan fingerprint density at radius 2 is 1.79 bits per heavy atom. The quantitative estimate of drug-likeness (QED) is 0.639. The van der Waals surface area contributed by atoms with Crippen molar-refractivity contribution >= 4 is 5.69 Å². The van der Waals surface area contributed by atoms with Crippen molar-refractivity contribution < 1.29 is 4.74 Å². The van der Waals surface area contributed by atoms with Crippen molar-refractivity contribution in [3.05, 3.63) is 22.3 Å². The van der Waals surface area contributed by atoms with Gasteiger partial charge < -0.3 is 10.5 Å². The van der Waals surface area contributed by atoms with Crippen LogP contribution in [0.3, 0.4) is 0 Å². The van der Waals surface area contributed by atoms with Gasteiger partial charge >= 0.3 is 0 Å². The highest BCUT2D eigenvalue weighted by atomic mass is 16.5. The minimum absolute atomic E-state index is 0.295. The normalized spacial score (nSPS) is 19.3. The number of nitrogens with two attached hydrogens (primary N) is 1. The van der Waals surface area contributed by atoms with E-state index in [9.17, 15) is 0 Å². The van der Waals surface area contributed by atoms with Gasteiger partial charge in [-0.2, -0.15) is 0 Å². The lowest BCUT2D eigenvalue weighted by molar-refractivity contribution is 0.253. The molecule has 0 spiro atoms. The predicted octanol–water partition coefficient (Wildman–Crippen LogP) is 2.52. The van der Waals surface area contributed by atoms with Gasteiger partial charge in [-0.1, -0.05) is 0 Å². The Labute approximate surface area is 85.1 Å². The highest BCUT2D eigenvalue weighted by Gasteiger charge is 2.25. The number of ether oxygens (including phenoxy) is 1. The smallest absolute Gasteiger partial charge is 0.126 e. The van der Waals surface area contributed by atoms with Gasteiger partial charge in [-0.05, 0) is 44.4 Å². The minimum atomic E-state index is 0.295. The van der Waals surface area contributed by atoms with Crippen LogP contribution in [-0.2, 0) is 6.42 Å². The lowest BCUT2D eigenvalue weighted by Crippen LogP contribution is -2.05. The molecule has 1 unspecified atom stereocenters. The van der Waals surface area contributed by atoms with Crippen molar-refractivity contribution in [3.8, 4) is 5.75 Å². The molecule has 0 radical (unpaired) electrons. The Kier molecular flexibility index (Phi) is 1.95. The first-order chi connectivity index (χ1) is 6.52. The van der Waals surface area contributed by atoms with Crippen LogP contribution < -0.4 is 10.5 Å². The molecule has 1 heterocycles. The number of hydrogen-bond acceptors (Lipinski definition) is 2. The second kappa shape index (κ2) is 2.91. The third-order valence-corrected chi connectivity index (χ3v) is 3.25. The maximum atomic E-state index is 6.05. The average Bonchev–Trinajstić information content (AvgIpc) is 2.54. The molecule has 1 aliphatic heterocycles. The predicted molar refractivity (Wildman–Crippen MR) is 58.9 cm³/mol. The highest BCUT2D eigenvalue weighted by Crippen LogP contribution is 2.39. The van der Waals surface area contributed by atoms with E-state index in [1.807, 2.05) is 0 Å². The summed E-state index contributed by atoms with van der Waals surface area (Å²) >= 11 is 0. The van der Waals surface area contributed by atoms with Crippen molar-refractivity contribution in [2.45, 2.75) is 40.2 Å². The van der Waals surface area contributed by atoms with E-state index in [0.29, 0.717) is 6.10 Å². The molecule has 0 aromatic heterocycles. The SMILES string of the molecule is Cc1c(C)c2c(c(C)c1N)CC(C)O2. The summed E-state index contributed by atoms with van der Waals surface area (Å²) < 4.78 is 5.80. The maximum absolute atomic E-state index is 6.05. The van der Waals surface area contributed by atoms with E-state index in [2.05, 4.69) is 27.7 Å². The van der Waals surface area contributed by atoms with Gasteiger partial charge in [0.05, 0.1) is 0 Å². The maximum Gasteiger partial charge on any atom is 0.126 e. The number of fused-ring (bicyclic) bond motifs is 1. The van der Waals surface area contributed by atoms with Gasteiger partial charge in [-0.15, -0.1) is 0 Å². The van der Waals surface area contributed by atoms with Gasteiger partial charge in [0.2, 0.25) is 0 Å². The summed E-state index contributed by atoms with van der Waals surface area (Å²) in [7, 11) is 0. The topological polar surface area (TPSA) is 35.2 Å². The van der Waals surface area contributed by atoms with Gasteiger partial charge in [0.25, 0.3) is 0 Å². The molecule has 0 saturated carbocycles. The van der Waals surface area contributed by atoms with Crippen LogP contribution in [0.5, 0.6) is 5.75 Å². The minimum Gasteiger partial charge on any atom is -0.490 e. The fourth-order valence-electron chi connectivity index (χ4n) is 2.15. The summed E-state index contributed by atoms with van der Waals surface area (Å²) in [6.07, 6.45) is 1.29. The molecule has 1 aromatic carbocycles. The Morgan fingerprint density at radius 3 is 2.43 bits per heavy atom. The molecular formula is C12H17NO. The van der Waals surface area contributed by atoms with E-state index in [-0.39, 0.29) is 0 Å². The lowest BCUT2D eigenvalue weighted by Gasteiger charge is -2.13. The van der Waals surface area contributed by atoms with Gasteiger partial charge in [0, 0.05) is 17.7 Å². The van der Waals surface area contributed by atoms with E-state index in [0.717, 1.165) is 23.4 Å². The molecule has 0 fully saturated rings. The first-order valence-corrected chi connectivity index (χ1v) is 5.07. The van der Waals surface area contributed by atoms with E-state index in [4.69, 9.17) is 10.5 Å². The number of nitrogen functional groups attached to an aromatic ring is 1. The molecule has 0 bridgehead atoms. The van der Waals surface area contributed by atoms with Crippen LogP contribution in [0.25, 0.3) is 0 Å². The van der Waals surface area contributed by atoms with Crippen molar-refractivity contribution in [2.24, 2.45) is 0 Å². The summed E-state index contributed by atoms with van der Waals surface area (Å²) in [6.45, 7) is 8.33. The molecule has 14 heavy (non-hydrogen) atoms. The van der Waals surface area contributed by atoms with Crippen LogP contribution in [0, 0.1) is 20.8 Å². The van der Waals surface area contributed by atoms with Crippen LogP contribution >= 0.6 is 0 Å². The lowest BCUT2D eigenvalue weighted by atomic mass is 9.95. The molecule has 0 amide bonds. The zero-order chi connectivity index (χ0) is 10.5. The monoisotopic (exact) mass is 191 g/mol. The fourth-order valence-corrected chi connectivity index (χ4v) is 2.15. The van der Waals surface area contributed by atoms with E-state index in [1.54, 1.807) is 0 Å². The molecule has 0 saturated heterocycles. The Morgan fingerprint density at radius 1 is 1.14 bits per heavy atom. The molecule has 2 N–H and O–H groups in total. The van der Waals surface area contributed by atoms with Gasteiger partial charge in [-0.3, -0.25) is 0 Å².